The van der Waals surface area contributed by atoms with Crippen molar-refractivity contribution in [2.75, 3.05) is 13.7 Å². The minimum atomic E-state index is -1.33. The van der Waals surface area contributed by atoms with E-state index >= 15 is 0 Å². The molecule has 1 aliphatic rings. The van der Waals surface area contributed by atoms with E-state index in [2.05, 4.69) is 9.72 Å². The van der Waals surface area contributed by atoms with Crippen LogP contribution in [0.1, 0.15) is 29.6 Å². The lowest BCUT2D eigenvalue weighted by atomic mass is 10.0. The Morgan fingerprint density at radius 2 is 2.15 bits per heavy atom. The number of hydrogen-bond donors (Lipinski definition) is 0. The van der Waals surface area contributed by atoms with Crippen molar-refractivity contribution in [1.29, 1.82) is 0 Å². The number of ether oxygens (including phenoxy) is 1. The minimum Gasteiger partial charge on any atom is -0.467 e. The Kier molecular flexibility index (Phi) is 4.26. The maximum absolute atomic E-state index is 13.6. The van der Waals surface area contributed by atoms with Crippen LogP contribution in [0, 0.1) is 11.8 Å². The van der Waals surface area contributed by atoms with Crippen molar-refractivity contribution >= 4 is 11.9 Å². The number of amides is 1. The smallest absolute Gasteiger partial charge is 0.328 e. The van der Waals surface area contributed by atoms with Crippen LogP contribution in [-0.2, 0) is 9.53 Å². The van der Waals surface area contributed by atoms with Gasteiger partial charge in [-0.05, 0) is 25.3 Å². The van der Waals surface area contributed by atoms with Gasteiger partial charge >= 0.3 is 5.97 Å². The first-order valence-electron chi connectivity index (χ1n) is 6.25. The van der Waals surface area contributed by atoms with Crippen molar-refractivity contribution in [2.24, 2.45) is 0 Å². The molecule has 7 heteroatoms. The Morgan fingerprint density at radius 3 is 2.85 bits per heavy atom. The molecule has 108 valence electrons. The average molecular weight is 284 g/mol. The summed E-state index contributed by atoms with van der Waals surface area (Å²) in [5.41, 5.74) is -0.423. The Labute approximate surface area is 114 Å². The average Bonchev–Trinajstić information content (AvgIpc) is 2.48. The minimum absolute atomic E-state index is 0.308. The van der Waals surface area contributed by atoms with E-state index in [4.69, 9.17) is 0 Å². The van der Waals surface area contributed by atoms with Crippen molar-refractivity contribution in [3.05, 3.63) is 29.6 Å². The molecule has 1 aliphatic heterocycles. The normalized spacial score (nSPS) is 18.8. The van der Waals surface area contributed by atoms with Crippen LogP contribution in [0.3, 0.4) is 0 Å². The van der Waals surface area contributed by atoms with Crippen LogP contribution in [-0.4, -0.2) is 41.5 Å². The number of esters is 1. The van der Waals surface area contributed by atoms with Gasteiger partial charge in [-0.2, -0.15) is 4.39 Å². The molecule has 2 heterocycles. The predicted octanol–water partition coefficient (Wildman–Crippen LogP) is 1.53. The molecule has 0 N–H and O–H groups in total. The van der Waals surface area contributed by atoms with Gasteiger partial charge in [0.1, 0.15) is 6.04 Å². The Hall–Kier alpha value is -2.05. The van der Waals surface area contributed by atoms with Gasteiger partial charge in [-0.15, -0.1) is 0 Å². The fraction of sp³-hybridized carbons (Fsp3) is 0.462. The number of likely N-dealkylation sites (tertiary alicyclic amines) is 1. The molecule has 1 unspecified atom stereocenters. The SMILES string of the molecule is COC(=O)C1CCCCN1C(=O)c1ccnc(F)c1F. The van der Waals surface area contributed by atoms with Gasteiger partial charge < -0.3 is 9.64 Å². The molecular formula is C13H14F2N2O3. The lowest BCUT2D eigenvalue weighted by Crippen LogP contribution is -2.48. The second kappa shape index (κ2) is 5.94. The molecule has 1 aromatic rings. The van der Waals surface area contributed by atoms with E-state index in [0.717, 1.165) is 18.7 Å². The van der Waals surface area contributed by atoms with E-state index in [1.807, 2.05) is 0 Å². The molecule has 1 amide bonds. The summed E-state index contributed by atoms with van der Waals surface area (Å²) in [6.45, 7) is 0.308. The molecule has 0 spiro atoms. The largest absolute Gasteiger partial charge is 0.467 e. The third-order valence-electron chi connectivity index (χ3n) is 3.31. The molecule has 0 aliphatic carbocycles. The number of methoxy groups -OCH3 is 1. The van der Waals surface area contributed by atoms with Gasteiger partial charge in [0, 0.05) is 12.7 Å². The van der Waals surface area contributed by atoms with Crippen LogP contribution in [0.15, 0.2) is 12.3 Å². The van der Waals surface area contributed by atoms with Crippen LogP contribution >= 0.6 is 0 Å². The van der Waals surface area contributed by atoms with E-state index in [1.54, 1.807) is 0 Å². The molecule has 20 heavy (non-hydrogen) atoms. The quantitative estimate of drug-likeness (QED) is 0.610. The number of carbonyl (C=O) groups excluding carboxylic acids is 2. The fourth-order valence-corrected chi connectivity index (χ4v) is 2.29. The molecule has 5 nitrogen and oxygen atoms in total. The van der Waals surface area contributed by atoms with E-state index in [1.165, 1.54) is 12.0 Å². The molecule has 0 aromatic carbocycles. The number of aromatic nitrogens is 1. The molecule has 1 atom stereocenters. The third kappa shape index (κ3) is 2.61. The molecule has 1 saturated heterocycles. The van der Waals surface area contributed by atoms with E-state index < -0.39 is 35.2 Å². The van der Waals surface area contributed by atoms with Gasteiger partial charge in [0.2, 0.25) is 5.95 Å². The van der Waals surface area contributed by atoms with Gasteiger partial charge in [-0.25, -0.2) is 14.2 Å². The van der Waals surface area contributed by atoms with E-state index in [-0.39, 0.29) is 0 Å². The summed E-state index contributed by atoms with van der Waals surface area (Å²) in [6, 6.07) is 0.348. The summed E-state index contributed by atoms with van der Waals surface area (Å²) in [4.78, 5) is 28.3. The van der Waals surface area contributed by atoms with Gasteiger partial charge in [0.05, 0.1) is 12.7 Å². The highest BCUT2D eigenvalue weighted by Crippen LogP contribution is 2.22. The Bertz CT molecular complexity index is 536. The van der Waals surface area contributed by atoms with Gasteiger partial charge in [0.15, 0.2) is 5.82 Å². The second-order valence-electron chi connectivity index (χ2n) is 4.50. The zero-order chi connectivity index (χ0) is 14.7. The number of piperidine rings is 1. The molecule has 1 aromatic heterocycles. The van der Waals surface area contributed by atoms with Crippen molar-refractivity contribution in [2.45, 2.75) is 25.3 Å². The molecule has 0 saturated carbocycles. The number of pyridine rings is 1. The summed E-state index contributed by atoms with van der Waals surface area (Å²) in [6.07, 6.45) is 2.95. The molecule has 0 radical (unpaired) electrons. The first-order valence-corrected chi connectivity index (χ1v) is 6.25. The monoisotopic (exact) mass is 284 g/mol. The number of halogens is 2. The fourth-order valence-electron chi connectivity index (χ4n) is 2.29. The molecular weight excluding hydrogens is 270 g/mol. The zero-order valence-corrected chi connectivity index (χ0v) is 10.9. The highest BCUT2D eigenvalue weighted by Gasteiger charge is 2.34. The summed E-state index contributed by atoms with van der Waals surface area (Å²) >= 11 is 0. The Morgan fingerprint density at radius 1 is 1.40 bits per heavy atom. The summed E-state index contributed by atoms with van der Waals surface area (Å²) in [7, 11) is 1.23. The topological polar surface area (TPSA) is 59.5 Å². The first kappa shape index (κ1) is 14.4. The predicted molar refractivity (Wildman–Crippen MR) is 64.8 cm³/mol. The number of nitrogens with zero attached hydrogens (tertiary/aromatic N) is 2. The van der Waals surface area contributed by atoms with Crippen LogP contribution in [0.2, 0.25) is 0 Å². The zero-order valence-electron chi connectivity index (χ0n) is 10.9. The highest BCUT2D eigenvalue weighted by atomic mass is 19.2. The lowest BCUT2D eigenvalue weighted by Gasteiger charge is -2.33. The van der Waals surface area contributed by atoms with Crippen molar-refractivity contribution < 1.29 is 23.1 Å². The van der Waals surface area contributed by atoms with Gasteiger partial charge in [0.25, 0.3) is 5.91 Å². The van der Waals surface area contributed by atoms with Crippen LogP contribution in [0.25, 0.3) is 0 Å². The van der Waals surface area contributed by atoms with Gasteiger partial charge in [-0.1, -0.05) is 0 Å². The molecule has 0 bridgehead atoms. The Balaban J connectivity index is 2.30. The number of rotatable bonds is 2. The highest BCUT2D eigenvalue weighted by molar-refractivity contribution is 5.97. The van der Waals surface area contributed by atoms with E-state index in [0.29, 0.717) is 19.4 Å². The molecule has 2 rings (SSSR count). The van der Waals surface area contributed by atoms with Crippen LogP contribution in [0.4, 0.5) is 8.78 Å². The van der Waals surface area contributed by atoms with E-state index in [9.17, 15) is 18.4 Å². The number of hydrogen-bond acceptors (Lipinski definition) is 4. The summed E-state index contributed by atoms with van der Waals surface area (Å²) in [5, 5.41) is 0. The van der Waals surface area contributed by atoms with Gasteiger partial charge in [-0.3, -0.25) is 4.79 Å². The second-order valence-corrected chi connectivity index (χ2v) is 4.50. The summed E-state index contributed by atoms with van der Waals surface area (Å²) in [5.74, 6) is -3.90. The maximum atomic E-state index is 13.6. The molecule has 1 fully saturated rings. The maximum Gasteiger partial charge on any atom is 0.328 e. The van der Waals surface area contributed by atoms with Crippen LogP contribution < -0.4 is 0 Å². The van der Waals surface area contributed by atoms with Crippen LogP contribution in [0.5, 0.6) is 0 Å². The standard InChI is InChI=1S/C13H14F2N2O3/c1-20-13(19)9-4-2-3-7-17(9)12(18)8-5-6-16-11(15)10(8)14/h5-6,9H,2-4,7H2,1H3. The first-order chi connectivity index (χ1) is 9.56. The number of carbonyl (C=O) groups is 2. The third-order valence-corrected chi connectivity index (χ3v) is 3.31. The lowest BCUT2D eigenvalue weighted by molar-refractivity contribution is -0.147. The van der Waals surface area contributed by atoms with Crippen molar-refractivity contribution in [3.8, 4) is 0 Å². The van der Waals surface area contributed by atoms with Crippen molar-refractivity contribution in [3.63, 3.8) is 0 Å². The van der Waals surface area contributed by atoms with Crippen molar-refractivity contribution in [1.82, 2.24) is 9.88 Å². The summed E-state index contributed by atoms with van der Waals surface area (Å²) < 4.78 is 31.3.